The van der Waals surface area contributed by atoms with Gasteiger partial charge < -0.3 is 23.9 Å². The maximum atomic E-state index is 11.2. The molecule has 0 unspecified atom stereocenters. The lowest BCUT2D eigenvalue weighted by Crippen LogP contribution is -2.63. The van der Waals surface area contributed by atoms with Crippen molar-refractivity contribution in [1.82, 2.24) is 8.96 Å². The van der Waals surface area contributed by atoms with E-state index >= 15 is 0 Å². The highest BCUT2D eigenvalue weighted by Crippen LogP contribution is 2.49. The fourth-order valence-corrected chi connectivity index (χ4v) is 10.2. The standard InChI is InChI=1S/C46H28B2N4O/c53-32-20-21-37-39(26-32)52(31-14-5-2-6-15-31)46-42-36(35-18-8-11-29-22-24-49(45(29)35)47(37)42)27-40-43(46)48-41-33(34-17-7-10-28-23-25-50(48)44(28)34)16-9-19-38(41)51(40)30-12-3-1-4-13-30/h1-27,53H. The Balaban J connectivity index is 1.27. The molecule has 4 aliphatic rings. The number of nitrogens with zero attached hydrogens (tertiary/aromatic N) is 4. The van der Waals surface area contributed by atoms with Crippen LogP contribution in [0.1, 0.15) is 0 Å². The molecule has 0 atom stereocenters. The SMILES string of the molecule is Oc1ccc2c(c1)N(c1ccccc1)c1c3c(cc4c1B1c5c(cccc5N4c4ccccc4)-c4cccc5ccn1c45)-c1cccc4ccn(c14)B23. The normalized spacial score (nSPS) is 14.0. The number of hydrogen-bond donors (Lipinski definition) is 1. The Morgan fingerprint density at radius 2 is 1.04 bits per heavy atom. The highest BCUT2D eigenvalue weighted by atomic mass is 16.3. The van der Waals surface area contributed by atoms with E-state index in [0.717, 1.165) is 17.1 Å². The van der Waals surface area contributed by atoms with Crippen molar-refractivity contribution in [3.8, 4) is 28.0 Å². The Hall–Kier alpha value is -6.85. The minimum Gasteiger partial charge on any atom is -0.508 e. The molecule has 0 spiro atoms. The van der Waals surface area contributed by atoms with Crippen molar-refractivity contribution in [2.75, 3.05) is 9.80 Å². The smallest absolute Gasteiger partial charge is 0.334 e. The van der Waals surface area contributed by atoms with Crippen LogP contribution in [0.25, 0.3) is 44.1 Å². The van der Waals surface area contributed by atoms with E-state index < -0.39 is 0 Å². The van der Waals surface area contributed by atoms with Crippen molar-refractivity contribution in [3.63, 3.8) is 0 Å². The number of aromatic hydroxyl groups is 1. The lowest BCUT2D eigenvalue weighted by Gasteiger charge is -2.47. The van der Waals surface area contributed by atoms with Gasteiger partial charge in [0.2, 0.25) is 0 Å². The van der Waals surface area contributed by atoms with Crippen molar-refractivity contribution in [1.29, 1.82) is 0 Å². The molecular formula is C46H28B2N4O. The van der Waals surface area contributed by atoms with E-state index in [2.05, 4.69) is 171 Å². The molecule has 7 heteroatoms. The number of benzene rings is 7. The predicted octanol–water partition coefficient (Wildman–Crippen LogP) is 8.14. The number of para-hydroxylation sites is 4. The van der Waals surface area contributed by atoms with Gasteiger partial charge in [-0.2, -0.15) is 0 Å². The van der Waals surface area contributed by atoms with Crippen molar-refractivity contribution in [2.45, 2.75) is 0 Å². The van der Waals surface area contributed by atoms with E-state index in [9.17, 15) is 5.11 Å². The van der Waals surface area contributed by atoms with E-state index in [-0.39, 0.29) is 19.4 Å². The summed E-state index contributed by atoms with van der Waals surface area (Å²) in [6.45, 7) is -0.188. The zero-order chi connectivity index (χ0) is 34.5. The van der Waals surface area contributed by atoms with Gasteiger partial charge in [-0.3, -0.25) is 0 Å². The fourth-order valence-electron chi connectivity index (χ4n) is 10.2. The average molecular weight is 674 g/mol. The molecule has 2 aromatic heterocycles. The monoisotopic (exact) mass is 674 g/mol. The van der Waals surface area contributed by atoms with Crippen LogP contribution in [-0.2, 0) is 0 Å². The molecule has 9 aromatic rings. The van der Waals surface area contributed by atoms with E-state index in [0.29, 0.717) is 0 Å². The fraction of sp³-hybridized carbons (Fsp3) is 0. The third-order valence-electron chi connectivity index (χ3n) is 12.2. The summed E-state index contributed by atoms with van der Waals surface area (Å²) in [5, 5.41) is 13.7. The summed E-state index contributed by atoms with van der Waals surface area (Å²) in [6, 6.07) is 54.8. The lowest BCUT2D eigenvalue weighted by atomic mass is 9.40. The van der Waals surface area contributed by atoms with Crippen LogP contribution >= 0.6 is 0 Å². The number of hydrogen-bond acceptors (Lipinski definition) is 3. The van der Waals surface area contributed by atoms with Gasteiger partial charge in [0.25, 0.3) is 0 Å². The molecule has 1 N–H and O–H groups in total. The van der Waals surface area contributed by atoms with Crippen molar-refractivity contribution < 1.29 is 5.11 Å². The zero-order valence-electron chi connectivity index (χ0n) is 28.5. The summed E-state index contributed by atoms with van der Waals surface area (Å²) in [5.74, 6) is 0.254. The van der Waals surface area contributed by atoms with Crippen LogP contribution in [0, 0.1) is 0 Å². The van der Waals surface area contributed by atoms with Gasteiger partial charge in [-0.1, -0.05) is 91.0 Å². The maximum absolute atomic E-state index is 11.2. The molecule has 7 aromatic carbocycles. The van der Waals surface area contributed by atoms with Crippen LogP contribution in [0.15, 0.2) is 164 Å². The largest absolute Gasteiger partial charge is 0.508 e. The summed E-state index contributed by atoms with van der Waals surface area (Å²) in [6.07, 6.45) is 4.56. The molecule has 0 amide bonds. The molecule has 0 saturated heterocycles. The van der Waals surface area contributed by atoms with Gasteiger partial charge in [0.05, 0.1) is 0 Å². The first kappa shape index (κ1) is 27.8. The first-order valence-corrected chi connectivity index (χ1v) is 18.3. The second kappa shape index (κ2) is 9.72. The van der Waals surface area contributed by atoms with E-state index in [1.54, 1.807) is 0 Å². The summed E-state index contributed by atoms with van der Waals surface area (Å²) in [4.78, 5) is 4.94. The minimum absolute atomic E-state index is 0.0874. The van der Waals surface area contributed by atoms with Crippen molar-refractivity contribution in [2.24, 2.45) is 0 Å². The molecule has 0 fully saturated rings. The topological polar surface area (TPSA) is 36.6 Å². The highest BCUT2D eigenvalue weighted by molar-refractivity contribution is 6.94. The van der Waals surface area contributed by atoms with Gasteiger partial charge in [0.1, 0.15) is 5.75 Å². The Bertz CT molecular complexity index is 3060. The summed E-state index contributed by atoms with van der Waals surface area (Å²) >= 11 is 0. The second-order valence-corrected chi connectivity index (χ2v) is 14.7. The van der Waals surface area contributed by atoms with Gasteiger partial charge in [-0.25, -0.2) is 0 Å². The number of fused-ring (bicyclic) bond motifs is 9. The summed E-state index contributed by atoms with van der Waals surface area (Å²) < 4.78 is 5.00. The number of phenolic OH excluding ortho intramolecular Hbond substituents is 1. The molecule has 53 heavy (non-hydrogen) atoms. The molecular weight excluding hydrogens is 646 g/mol. The zero-order valence-corrected chi connectivity index (χ0v) is 28.5. The Morgan fingerprint density at radius 3 is 1.75 bits per heavy atom. The van der Waals surface area contributed by atoms with Gasteiger partial charge in [0.15, 0.2) is 0 Å². The van der Waals surface area contributed by atoms with Gasteiger partial charge in [0, 0.05) is 62.4 Å². The van der Waals surface area contributed by atoms with Crippen LogP contribution < -0.4 is 31.7 Å². The Labute approximate surface area is 306 Å². The van der Waals surface area contributed by atoms with Crippen LogP contribution in [0.3, 0.4) is 0 Å². The predicted molar refractivity (Wildman–Crippen MR) is 220 cm³/mol. The Kier molecular flexibility index (Phi) is 5.10. The molecule has 0 bridgehead atoms. The van der Waals surface area contributed by atoms with Gasteiger partial charge in [-0.05, 0) is 111 Å². The number of aromatic nitrogens is 2. The third kappa shape index (κ3) is 3.36. The number of phenols is 1. The molecule has 13 rings (SSSR count). The Morgan fingerprint density at radius 1 is 0.415 bits per heavy atom. The van der Waals surface area contributed by atoms with Gasteiger partial charge in [-0.15, -0.1) is 0 Å². The van der Waals surface area contributed by atoms with E-state index in [4.69, 9.17) is 0 Å². The lowest BCUT2D eigenvalue weighted by molar-refractivity contribution is 0.475. The van der Waals surface area contributed by atoms with Crippen LogP contribution in [0.2, 0.25) is 0 Å². The first-order chi connectivity index (χ1) is 26.2. The molecule has 6 heterocycles. The van der Waals surface area contributed by atoms with E-state index in [1.807, 2.05) is 12.1 Å². The highest BCUT2D eigenvalue weighted by Gasteiger charge is 2.49. The quantitative estimate of drug-likeness (QED) is 0.188. The number of anilines is 6. The molecule has 0 aliphatic carbocycles. The van der Waals surface area contributed by atoms with Crippen molar-refractivity contribution >= 4 is 91.5 Å². The molecule has 4 aliphatic heterocycles. The van der Waals surface area contributed by atoms with Gasteiger partial charge >= 0.3 is 13.7 Å². The second-order valence-electron chi connectivity index (χ2n) is 14.7. The molecule has 0 saturated carbocycles. The molecule has 0 radical (unpaired) electrons. The number of rotatable bonds is 2. The molecule has 244 valence electrons. The minimum atomic E-state index is -0.101. The van der Waals surface area contributed by atoms with Crippen molar-refractivity contribution in [3.05, 3.63) is 164 Å². The van der Waals surface area contributed by atoms with Crippen LogP contribution in [0.4, 0.5) is 34.1 Å². The average Bonchev–Trinajstić information content (AvgIpc) is 3.84. The molecule has 5 nitrogen and oxygen atoms in total. The van der Waals surface area contributed by atoms with E-state index in [1.165, 1.54) is 83.0 Å². The third-order valence-corrected chi connectivity index (χ3v) is 12.2. The maximum Gasteiger partial charge on any atom is 0.334 e. The van der Waals surface area contributed by atoms with Crippen LogP contribution in [0.5, 0.6) is 5.75 Å². The van der Waals surface area contributed by atoms with Crippen LogP contribution in [-0.4, -0.2) is 27.8 Å². The summed E-state index contributed by atoms with van der Waals surface area (Å²) in [5.41, 5.74) is 19.3. The first-order valence-electron chi connectivity index (χ1n) is 18.3. The summed E-state index contributed by atoms with van der Waals surface area (Å²) in [7, 11) is 0.